The van der Waals surface area contributed by atoms with E-state index in [1.54, 1.807) is 0 Å². The van der Waals surface area contributed by atoms with E-state index in [9.17, 15) is 9.59 Å². The quantitative estimate of drug-likeness (QED) is 0.374. The van der Waals surface area contributed by atoms with E-state index >= 15 is 0 Å². The number of fused-ring (bicyclic) bond motifs is 1. The number of nitrogen functional groups attached to an aromatic ring is 2. The first kappa shape index (κ1) is 9.60. The molecule has 15 heavy (non-hydrogen) atoms. The third-order valence-electron chi connectivity index (χ3n) is 2.05. The van der Waals surface area contributed by atoms with E-state index in [1.165, 1.54) is 6.07 Å². The lowest BCUT2D eigenvalue weighted by molar-refractivity contribution is 1.15. The van der Waals surface area contributed by atoms with Crippen LogP contribution in [0.25, 0.3) is 11.0 Å². The highest BCUT2D eigenvalue weighted by Gasteiger charge is 2.09. The van der Waals surface area contributed by atoms with Gasteiger partial charge in [-0.25, -0.2) is 0 Å². The van der Waals surface area contributed by atoms with E-state index in [4.69, 9.17) is 23.1 Å². The van der Waals surface area contributed by atoms with Crippen molar-refractivity contribution in [2.45, 2.75) is 0 Å². The number of hydrogen-bond acceptors (Lipinski definition) is 4. The van der Waals surface area contributed by atoms with E-state index in [0.29, 0.717) is 5.52 Å². The Bertz CT molecular complexity index is 658. The molecule has 78 valence electrons. The maximum absolute atomic E-state index is 11.1. The highest BCUT2D eigenvalue weighted by atomic mass is 35.5. The van der Waals surface area contributed by atoms with Crippen molar-refractivity contribution in [2.24, 2.45) is 0 Å². The summed E-state index contributed by atoms with van der Waals surface area (Å²) in [5.41, 5.74) is 10.6. The molecule has 1 aromatic heterocycles. The van der Waals surface area contributed by atoms with Gasteiger partial charge in [0.15, 0.2) is 0 Å². The zero-order chi connectivity index (χ0) is 11.2. The van der Waals surface area contributed by atoms with Crippen LogP contribution in [0.2, 0.25) is 5.02 Å². The molecule has 0 bridgehead atoms. The minimum Gasteiger partial charge on any atom is -0.396 e. The van der Waals surface area contributed by atoms with Crippen molar-refractivity contribution in [3.63, 3.8) is 0 Å². The van der Waals surface area contributed by atoms with Crippen LogP contribution in [0.4, 0.5) is 11.4 Å². The molecular formula is C8H7ClN4O2. The van der Waals surface area contributed by atoms with E-state index in [-0.39, 0.29) is 21.9 Å². The molecular weight excluding hydrogens is 220 g/mol. The van der Waals surface area contributed by atoms with Crippen LogP contribution < -0.4 is 22.6 Å². The van der Waals surface area contributed by atoms with Crippen LogP contribution in [-0.4, -0.2) is 9.97 Å². The third-order valence-corrected chi connectivity index (χ3v) is 2.36. The monoisotopic (exact) mass is 226 g/mol. The summed E-state index contributed by atoms with van der Waals surface area (Å²) in [7, 11) is 0. The van der Waals surface area contributed by atoms with E-state index in [0.717, 1.165) is 0 Å². The molecule has 0 fully saturated rings. The number of hydrogen-bond donors (Lipinski definition) is 4. The zero-order valence-electron chi connectivity index (χ0n) is 7.43. The van der Waals surface area contributed by atoms with Gasteiger partial charge in [0.1, 0.15) is 0 Å². The average molecular weight is 227 g/mol. The minimum atomic E-state index is -0.782. The Kier molecular flexibility index (Phi) is 1.94. The van der Waals surface area contributed by atoms with Crippen LogP contribution in [0.3, 0.4) is 0 Å². The Hall–Kier alpha value is -1.95. The Balaban J connectivity index is 3.06. The summed E-state index contributed by atoms with van der Waals surface area (Å²) in [6.45, 7) is 0. The number of H-pyrrole nitrogens is 2. The first-order valence-electron chi connectivity index (χ1n) is 4.00. The number of nitrogens with two attached hydrogens (primary N) is 2. The average Bonchev–Trinajstić information content (AvgIpc) is 2.19. The number of rotatable bonds is 0. The predicted molar refractivity (Wildman–Crippen MR) is 59.0 cm³/mol. The molecule has 1 heterocycles. The van der Waals surface area contributed by atoms with Gasteiger partial charge >= 0.3 is 11.1 Å². The maximum atomic E-state index is 11.1. The van der Waals surface area contributed by atoms with Crippen molar-refractivity contribution in [3.8, 4) is 0 Å². The SMILES string of the molecule is Nc1c(Cl)cc2[nH]c(=O)c(=O)[nH]c2c1N. The lowest BCUT2D eigenvalue weighted by Crippen LogP contribution is -2.29. The fourth-order valence-corrected chi connectivity index (χ4v) is 1.48. The molecule has 2 rings (SSSR count). The molecule has 0 saturated carbocycles. The van der Waals surface area contributed by atoms with Crippen molar-refractivity contribution >= 4 is 34.0 Å². The zero-order valence-corrected chi connectivity index (χ0v) is 8.18. The molecule has 1 aromatic carbocycles. The molecule has 0 unspecified atom stereocenters. The summed E-state index contributed by atoms with van der Waals surface area (Å²) in [4.78, 5) is 26.8. The minimum absolute atomic E-state index is 0.144. The topological polar surface area (TPSA) is 118 Å². The molecule has 0 atom stereocenters. The highest BCUT2D eigenvalue weighted by molar-refractivity contribution is 6.34. The first-order valence-corrected chi connectivity index (χ1v) is 4.38. The Labute approximate surface area is 87.9 Å². The van der Waals surface area contributed by atoms with Crippen molar-refractivity contribution in [1.82, 2.24) is 9.97 Å². The van der Waals surface area contributed by atoms with Crippen LogP contribution in [0.5, 0.6) is 0 Å². The van der Waals surface area contributed by atoms with Gasteiger partial charge in [-0.3, -0.25) is 9.59 Å². The molecule has 0 radical (unpaired) electrons. The summed E-state index contributed by atoms with van der Waals surface area (Å²) >= 11 is 5.77. The van der Waals surface area contributed by atoms with Crippen LogP contribution in [0.1, 0.15) is 0 Å². The Morgan fingerprint density at radius 1 is 1.07 bits per heavy atom. The summed E-state index contributed by atoms with van der Waals surface area (Å²) in [6, 6.07) is 1.43. The van der Waals surface area contributed by atoms with Crippen molar-refractivity contribution in [2.75, 3.05) is 11.5 Å². The summed E-state index contributed by atoms with van der Waals surface area (Å²) in [6.07, 6.45) is 0. The first-order chi connectivity index (χ1) is 7.00. The second-order valence-electron chi connectivity index (χ2n) is 3.02. The van der Waals surface area contributed by atoms with Crippen LogP contribution >= 0.6 is 11.6 Å². The van der Waals surface area contributed by atoms with Crippen LogP contribution in [0, 0.1) is 0 Å². The molecule has 0 spiro atoms. The van der Waals surface area contributed by atoms with Crippen LogP contribution in [0.15, 0.2) is 15.7 Å². The largest absolute Gasteiger partial charge is 0.396 e. The van der Waals surface area contributed by atoms with E-state index in [2.05, 4.69) is 9.97 Å². The maximum Gasteiger partial charge on any atom is 0.314 e. The van der Waals surface area contributed by atoms with Crippen molar-refractivity contribution in [3.05, 3.63) is 31.8 Å². The molecule has 6 nitrogen and oxygen atoms in total. The van der Waals surface area contributed by atoms with E-state index < -0.39 is 11.1 Å². The van der Waals surface area contributed by atoms with Gasteiger partial charge in [0.05, 0.1) is 27.4 Å². The Morgan fingerprint density at radius 3 is 2.33 bits per heavy atom. The third kappa shape index (κ3) is 1.35. The Morgan fingerprint density at radius 2 is 1.67 bits per heavy atom. The molecule has 0 aliphatic rings. The normalized spacial score (nSPS) is 10.7. The number of halogens is 1. The summed E-state index contributed by atoms with van der Waals surface area (Å²) in [5, 5.41) is 0.225. The predicted octanol–water partition coefficient (Wildman–Crippen LogP) is 0.0342. The molecule has 7 heteroatoms. The fraction of sp³-hybridized carbons (Fsp3) is 0. The lowest BCUT2D eigenvalue weighted by atomic mass is 10.2. The lowest BCUT2D eigenvalue weighted by Gasteiger charge is -2.06. The van der Waals surface area contributed by atoms with Crippen molar-refractivity contribution in [1.29, 1.82) is 0 Å². The summed E-state index contributed by atoms with van der Waals surface area (Å²) < 4.78 is 0. The van der Waals surface area contributed by atoms with E-state index in [1.807, 2.05) is 0 Å². The molecule has 0 aliphatic carbocycles. The molecule has 2 aromatic rings. The number of anilines is 2. The van der Waals surface area contributed by atoms with Gasteiger partial charge in [0.2, 0.25) is 0 Å². The molecule has 0 aliphatic heterocycles. The van der Waals surface area contributed by atoms with Gasteiger partial charge in [0, 0.05) is 0 Å². The summed E-state index contributed by atoms with van der Waals surface area (Å²) in [5.74, 6) is 0. The van der Waals surface area contributed by atoms with Gasteiger partial charge in [0.25, 0.3) is 0 Å². The van der Waals surface area contributed by atoms with Gasteiger partial charge in [-0.05, 0) is 6.07 Å². The molecule has 0 saturated heterocycles. The number of nitrogens with one attached hydrogen (secondary N) is 2. The number of aromatic nitrogens is 2. The second kappa shape index (κ2) is 3.03. The number of benzene rings is 1. The number of aromatic amines is 2. The van der Waals surface area contributed by atoms with Crippen molar-refractivity contribution < 1.29 is 0 Å². The molecule has 6 N–H and O–H groups in total. The van der Waals surface area contributed by atoms with Gasteiger partial charge in [-0.2, -0.15) is 0 Å². The van der Waals surface area contributed by atoms with Gasteiger partial charge in [-0.1, -0.05) is 11.6 Å². The van der Waals surface area contributed by atoms with Crippen LogP contribution in [-0.2, 0) is 0 Å². The second-order valence-corrected chi connectivity index (χ2v) is 3.42. The highest BCUT2D eigenvalue weighted by Crippen LogP contribution is 2.30. The van der Waals surface area contributed by atoms with Gasteiger partial charge < -0.3 is 21.4 Å². The standard InChI is InChI=1S/C8H7ClN4O2/c9-2-1-3-6(5(11)4(2)10)13-8(15)7(14)12-3/h1H,10-11H2,(H,12,14)(H,13,15). The fourth-order valence-electron chi connectivity index (χ4n) is 1.27. The van der Waals surface area contributed by atoms with Gasteiger partial charge in [-0.15, -0.1) is 0 Å². The smallest absolute Gasteiger partial charge is 0.314 e. The molecule has 0 amide bonds.